The summed E-state index contributed by atoms with van der Waals surface area (Å²) in [5.74, 6) is 0.485. The highest BCUT2D eigenvalue weighted by Gasteiger charge is 2.17. The van der Waals surface area contributed by atoms with E-state index >= 15 is 0 Å². The number of nitrogens with one attached hydrogen (secondary N) is 2. The average molecular weight is 407 g/mol. The second-order valence-corrected chi connectivity index (χ2v) is 8.64. The fourth-order valence-electron chi connectivity index (χ4n) is 3.49. The fourth-order valence-corrected chi connectivity index (χ4v) is 4.32. The molecule has 0 unspecified atom stereocenters. The molecule has 29 heavy (non-hydrogen) atoms. The van der Waals surface area contributed by atoms with Crippen molar-refractivity contribution in [3.8, 4) is 0 Å². The fraction of sp³-hybridized carbons (Fsp3) is 0.320. The third-order valence-electron chi connectivity index (χ3n) is 5.24. The molecule has 0 aliphatic rings. The van der Waals surface area contributed by atoms with Crippen LogP contribution in [0.4, 0.5) is 5.69 Å². The minimum absolute atomic E-state index is 0.00415. The van der Waals surface area contributed by atoms with Gasteiger partial charge in [0.05, 0.1) is 12.6 Å². The summed E-state index contributed by atoms with van der Waals surface area (Å²) in [5, 5.41) is 8.65. The molecule has 0 radical (unpaired) electrons. The van der Waals surface area contributed by atoms with Gasteiger partial charge in [-0.05, 0) is 53.0 Å². The molecule has 0 bridgehead atoms. The van der Waals surface area contributed by atoms with Gasteiger partial charge in [-0.15, -0.1) is 11.3 Å². The summed E-state index contributed by atoms with van der Waals surface area (Å²) in [6.45, 7) is 8.80. The van der Waals surface area contributed by atoms with Gasteiger partial charge in [-0.25, -0.2) is 0 Å². The van der Waals surface area contributed by atoms with Crippen LogP contribution in [0.1, 0.15) is 59.9 Å². The third-order valence-corrected chi connectivity index (χ3v) is 6.17. The molecule has 3 rings (SSSR count). The van der Waals surface area contributed by atoms with Gasteiger partial charge in [0, 0.05) is 10.6 Å². The standard InChI is InChI=1S/C25H30N2OS/c1-5-19-9-6-8-18(4)24(19)27-23(28)16-26-25(22-10-7-15-29-22)21-13-11-20(12-14-21)17(2)3/h6-15,17,25-26H,5,16H2,1-4H3,(H,27,28)/t25-/m0/s1. The van der Waals surface area contributed by atoms with Crippen LogP contribution in [0.3, 0.4) is 0 Å². The number of carbonyl (C=O) groups excluding carboxylic acids is 1. The van der Waals surface area contributed by atoms with Crippen molar-refractivity contribution in [1.82, 2.24) is 5.32 Å². The van der Waals surface area contributed by atoms with Gasteiger partial charge < -0.3 is 5.32 Å². The molecule has 1 atom stereocenters. The number of carbonyl (C=O) groups is 1. The van der Waals surface area contributed by atoms with Crippen molar-refractivity contribution in [2.75, 3.05) is 11.9 Å². The summed E-state index contributed by atoms with van der Waals surface area (Å²) in [7, 11) is 0. The summed E-state index contributed by atoms with van der Waals surface area (Å²) >= 11 is 1.71. The molecule has 4 heteroatoms. The predicted octanol–water partition coefficient (Wildman–Crippen LogP) is 6.06. The predicted molar refractivity (Wildman–Crippen MR) is 124 cm³/mol. The van der Waals surface area contributed by atoms with Crippen LogP contribution in [0.2, 0.25) is 0 Å². The SMILES string of the molecule is CCc1cccc(C)c1NC(=O)CN[C@@H](c1ccc(C(C)C)cc1)c1cccs1. The molecular weight excluding hydrogens is 376 g/mol. The van der Waals surface area contributed by atoms with E-state index < -0.39 is 0 Å². The van der Waals surface area contributed by atoms with Crippen molar-refractivity contribution in [1.29, 1.82) is 0 Å². The lowest BCUT2D eigenvalue weighted by atomic mass is 9.98. The molecule has 1 amide bonds. The Kier molecular flexibility index (Phi) is 7.24. The summed E-state index contributed by atoms with van der Waals surface area (Å²) in [4.78, 5) is 13.9. The zero-order valence-corrected chi connectivity index (χ0v) is 18.5. The summed E-state index contributed by atoms with van der Waals surface area (Å²) in [5.41, 5.74) is 5.70. The van der Waals surface area contributed by atoms with Gasteiger partial charge in [0.15, 0.2) is 0 Å². The van der Waals surface area contributed by atoms with Gasteiger partial charge in [-0.1, -0.05) is 69.3 Å². The lowest BCUT2D eigenvalue weighted by molar-refractivity contribution is -0.115. The average Bonchev–Trinajstić information content (AvgIpc) is 3.24. The van der Waals surface area contributed by atoms with E-state index in [9.17, 15) is 4.79 Å². The van der Waals surface area contributed by atoms with Crippen LogP contribution in [-0.4, -0.2) is 12.5 Å². The van der Waals surface area contributed by atoms with E-state index in [0.29, 0.717) is 5.92 Å². The van der Waals surface area contributed by atoms with Crippen molar-refractivity contribution in [3.05, 3.63) is 87.1 Å². The molecule has 1 heterocycles. The molecule has 0 fully saturated rings. The number of benzene rings is 2. The summed E-state index contributed by atoms with van der Waals surface area (Å²) in [6, 6.07) is 19.0. The zero-order chi connectivity index (χ0) is 20.8. The maximum Gasteiger partial charge on any atom is 0.238 e. The van der Waals surface area contributed by atoms with E-state index in [2.05, 4.69) is 79.2 Å². The van der Waals surface area contributed by atoms with Crippen LogP contribution in [0.25, 0.3) is 0 Å². The van der Waals surface area contributed by atoms with Gasteiger partial charge in [0.25, 0.3) is 0 Å². The van der Waals surface area contributed by atoms with Crippen LogP contribution < -0.4 is 10.6 Å². The molecule has 2 aromatic carbocycles. The van der Waals surface area contributed by atoms with E-state index in [-0.39, 0.29) is 18.5 Å². The highest BCUT2D eigenvalue weighted by molar-refractivity contribution is 7.10. The monoisotopic (exact) mass is 406 g/mol. The lowest BCUT2D eigenvalue weighted by Gasteiger charge is -2.19. The van der Waals surface area contributed by atoms with Crippen LogP contribution >= 0.6 is 11.3 Å². The third kappa shape index (κ3) is 5.34. The minimum Gasteiger partial charge on any atom is -0.324 e. The lowest BCUT2D eigenvalue weighted by Crippen LogP contribution is -2.32. The first kappa shape index (κ1) is 21.3. The smallest absolute Gasteiger partial charge is 0.238 e. The van der Waals surface area contributed by atoms with Crippen molar-refractivity contribution in [2.45, 2.75) is 46.1 Å². The highest BCUT2D eigenvalue weighted by atomic mass is 32.1. The highest BCUT2D eigenvalue weighted by Crippen LogP contribution is 2.27. The molecular formula is C25H30N2OS. The van der Waals surface area contributed by atoms with E-state index in [4.69, 9.17) is 0 Å². The minimum atomic E-state index is -0.0191. The Morgan fingerprint density at radius 2 is 1.72 bits per heavy atom. The van der Waals surface area contributed by atoms with E-state index in [1.807, 2.05) is 19.1 Å². The molecule has 0 saturated heterocycles. The molecule has 0 spiro atoms. The van der Waals surface area contributed by atoms with E-state index in [0.717, 1.165) is 23.2 Å². The maximum atomic E-state index is 12.7. The Bertz CT molecular complexity index is 930. The molecule has 3 aromatic rings. The maximum absolute atomic E-state index is 12.7. The second-order valence-electron chi connectivity index (χ2n) is 7.66. The number of para-hydroxylation sites is 1. The molecule has 152 valence electrons. The normalized spacial score (nSPS) is 12.2. The van der Waals surface area contributed by atoms with Gasteiger partial charge >= 0.3 is 0 Å². The Balaban J connectivity index is 1.73. The number of thiophene rings is 1. The number of anilines is 1. The first-order valence-electron chi connectivity index (χ1n) is 10.2. The number of amides is 1. The van der Waals surface area contributed by atoms with Crippen LogP contribution in [0.5, 0.6) is 0 Å². The van der Waals surface area contributed by atoms with Gasteiger partial charge in [-0.2, -0.15) is 0 Å². The molecule has 0 aliphatic carbocycles. The Morgan fingerprint density at radius 3 is 2.34 bits per heavy atom. The zero-order valence-electron chi connectivity index (χ0n) is 17.7. The molecule has 1 aromatic heterocycles. The Morgan fingerprint density at radius 1 is 1.00 bits per heavy atom. The van der Waals surface area contributed by atoms with Crippen molar-refractivity contribution in [2.24, 2.45) is 0 Å². The van der Waals surface area contributed by atoms with Crippen molar-refractivity contribution in [3.63, 3.8) is 0 Å². The van der Waals surface area contributed by atoms with Gasteiger partial charge in [0.2, 0.25) is 5.91 Å². The topological polar surface area (TPSA) is 41.1 Å². The largest absolute Gasteiger partial charge is 0.324 e. The van der Waals surface area contributed by atoms with Crippen molar-refractivity contribution >= 4 is 22.9 Å². The quantitative estimate of drug-likeness (QED) is 0.477. The Hall–Kier alpha value is -2.43. The number of hydrogen-bond acceptors (Lipinski definition) is 3. The molecule has 0 saturated carbocycles. The van der Waals surface area contributed by atoms with Gasteiger partial charge in [0.1, 0.15) is 0 Å². The van der Waals surface area contributed by atoms with E-state index in [1.54, 1.807) is 11.3 Å². The van der Waals surface area contributed by atoms with E-state index in [1.165, 1.54) is 16.0 Å². The first-order valence-corrected chi connectivity index (χ1v) is 11.1. The number of hydrogen-bond donors (Lipinski definition) is 2. The van der Waals surface area contributed by atoms with Gasteiger partial charge in [-0.3, -0.25) is 10.1 Å². The molecule has 3 nitrogen and oxygen atoms in total. The van der Waals surface area contributed by atoms with Crippen LogP contribution in [0.15, 0.2) is 60.0 Å². The first-order chi connectivity index (χ1) is 14.0. The summed E-state index contributed by atoms with van der Waals surface area (Å²) in [6.07, 6.45) is 0.894. The van der Waals surface area contributed by atoms with Crippen LogP contribution in [-0.2, 0) is 11.2 Å². The summed E-state index contributed by atoms with van der Waals surface area (Å²) < 4.78 is 0. The van der Waals surface area contributed by atoms with Crippen LogP contribution in [0, 0.1) is 6.92 Å². The number of rotatable bonds is 8. The Labute approximate surface area is 178 Å². The number of aryl methyl sites for hydroxylation is 2. The molecule has 2 N–H and O–H groups in total. The van der Waals surface area contributed by atoms with Crippen molar-refractivity contribution < 1.29 is 4.79 Å². The molecule has 0 aliphatic heterocycles. The second kappa shape index (κ2) is 9.86.